The molecular formula is C26H32ClN7O5S. The van der Waals surface area contributed by atoms with Crippen molar-refractivity contribution in [2.75, 3.05) is 49.2 Å². The van der Waals surface area contributed by atoms with Crippen LogP contribution in [0.25, 0.3) is 0 Å². The average Bonchev–Trinajstić information content (AvgIpc) is 2.91. The second kappa shape index (κ2) is 14.0. The first kappa shape index (κ1) is 30.8. The highest BCUT2D eigenvalue weighted by molar-refractivity contribution is 7.92. The van der Waals surface area contributed by atoms with E-state index in [0.29, 0.717) is 35.9 Å². The molecule has 2 aromatic carbocycles. The van der Waals surface area contributed by atoms with E-state index in [1.54, 1.807) is 55.1 Å². The number of hydrogen-bond donors (Lipinski definition) is 4. The van der Waals surface area contributed by atoms with Crippen molar-refractivity contribution in [1.82, 2.24) is 14.9 Å². The van der Waals surface area contributed by atoms with Crippen molar-refractivity contribution in [2.24, 2.45) is 5.73 Å². The Morgan fingerprint density at radius 3 is 2.60 bits per heavy atom. The van der Waals surface area contributed by atoms with E-state index in [9.17, 15) is 18.0 Å². The van der Waals surface area contributed by atoms with Crippen molar-refractivity contribution < 1.29 is 22.7 Å². The highest BCUT2D eigenvalue weighted by atomic mass is 35.5. The Balaban J connectivity index is 1.79. The zero-order valence-electron chi connectivity index (χ0n) is 22.3. The largest absolute Gasteiger partial charge is 0.494 e. The normalized spacial score (nSPS) is 11.4. The number of halogens is 1. The molecule has 1 amide bonds. The summed E-state index contributed by atoms with van der Waals surface area (Å²) in [5.74, 6) is 0.448. The molecule has 0 spiro atoms. The lowest BCUT2D eigenvalue weighted by molar-refractivity contribution is -0.117. The number of ether oxygens (including phenoxy) is 1. The van der Waals surface area contributed by atoms with Crippen LogP contribution in [0, 0.1) is 0 Å². The zero-order chi connectivity index (χ0) is 29.3. The Kier molecular flexibility index (Phi) is 10.8. The van der Waals surface area contributed by atoms with Gasteiger partial charge in [0.05, 0.1) is 47.9 Å². The summed E-state index contributed by atoms with van der Waals surface area (Å²) in [7, 11) is -2.10. The molecule has 12 nitrogen and oxygen atoms in total. The van der Waals surface area contributed by atoms with E-state index in [4.69, 9.17) is 22.1 Å². The summed E-state index contributed by atoms with van der Waals surface area (Å²) >= 11 is 6.32. The Bertz CT molecular complexity index is 1450. The molecule has 0 bridgehead atoms. The number of nitrogens with zero attached hydrogens (tertiary/aromatic N) is 3. The lowest BCUT2D eigenvalue weighted by Gasteiger charge is -2.18. The summed E-state index contributed by atoms with van der Waals surface area (Å²) in [6, 6.07) is 11.5. The van der Waals surface area contributed by atoms with Crippen molar-refractivity contribution >= 4 is 62.5 Å². The number of benzene rings is 2. The quantitative estimate of drug-likeness (QED) is 0.204. The number of hydrogen-bond acceptors (Lipinski definition) is 11. The van der Waals surface area contributed by atoms with Gasteiger partial charge in [0.2, 0.25) is 11.9 Å². The maximum absolute atomic E-state index is 12.8. The van der Waals surface area contributed by atoms with Crippen LogP contribution in [-0.4, -0.2) is 74.0 Å². The summed E-state index contributed by atoms with van der Waals surface area (Å²) in [6.45, 7) is 4.07. The number of nitrogens with one attached hydrogen (secondary N) is 3. The lowest BCUT2D eigenvalue weighted by Crippen LogP contribution is -2.37. The van der Waals surface area contributed by atoms with Gasteiger partial charge in [-0.2, -0.15) is 4.98 Å². The Labute approximate surface area is 238 Å². The van der Waals surface area contributed by atoms with E-state index < -0.39 is 15.1 Å². The molecule has 0 fully saturated rings. The molecule has 3 rings (SSSR count). The van der Waals surface area contributed by atoms with Crippen LogP contribution in [0.5, 0.6) is 5.75 Å². The van der Waals surface area contributed by atoms with Crippen molar-refractivity contribution in [3.05, 3.63) is 53.7 Å². The molecular weight excluding hydrogens is 558 g/mol. The number of aldehydes is 1. The number of para-hydroxylation sites is 1. The van der Waals surface area contributed by atoms with Crippen LogP contribution in [0.15, 0.2) is 53.6 Å². The SMILES string of the molecule is COc1cc(NC(=O)CN(CC=O)CCN)ccc1Nc1ncc(Cl)c(Nc2ccccc2S(=O)(=O)C(C)C)n1. The predicted octanol–water partition coefficient (Wildman–Crippen LogP) is 3.21. The third-order valence-electron chi connectivity index (χ3n) is 5.69. The molecule has 3 aromatic rings. The topological polar surface area (TPSA) is 169 Å². The first-order chi connectivity index (χ1) is 19.1. The minimum Gasteiger partial charge on any atom is -0.494 e. The third-order valence-corrected chi connectivity index (χ3v) is 8.18. The van der Waals surface area contributed by atoms with Crippen LogP contribution in [0.2, 0.25) is 5.02 Å². The minimum atomic E-state index is -3.57. The molecule has 0 aliphatic heterocycles. The monoisotopic (exact) mass is 589 g/mol. The predicted molar refractivity (Wildman–Crippen MR) is 156 cm³/mol. The number of aromatic nitrogens is 2. The molecule has 0 aliphatic carbocycles. The maximum Gasteiger partial charge on any atom is 0.238 e. The molecule has 0 aliphatic rings. The molecule has 1 aromatic heterocycles. The molecule has 0 saturated heterocycles. The number of rotatable bonds is 14. The van der Waals surface area contributed by atoms with E-state index in [0.717, 1.165) is 6.29 Å². The number of carbonyl (C=O) groups is 2. The van der Waals surface area contributed by atoms with Crippen LogP contribution in [-0.2, 0) is 19.4 Å². The summed E-state index contributed by atoms with van der Waals surface area (Å²) in [5, 5.41) is 8.40. The third kappa shape index (κ3) is 7.88. The van der Waals surface area contributed by atoms with E-state index in [1.165, 1.54) is 19.4 Å². The number of sulfone groups is 1. The fraction of sp³-hybridized carbons (Fsp3) is 0.308. The van der Waals surface area contributed by atoms with E-state index in [2.05, 4.69) is 25.9 Å². The number of methoxy groups -OCH3 is 1. The molecule has 0 atom stereocenters. The van der Waals surface area contributed by atoms with Gasteiger partial charge in [-0.25, -0.2) is 13.4 Å². The van der Waals surface area contributed by atoms with E-state index in [-0.39, 0.29) is 40.7 Å². The Hall–Kier alpha value is -3.78. The van der Waals surface area contributed by atoms with Gasteiger partial charge in [-0.3, -0.25) is 9.69 Å². The molecule has 14 heteroatoms. The fourth-order valence-electron chi connectivity index (χ4n) is 3.63. The average molecular weight is 590 g/mol. The van der Waals surface area contributed by atoms with Gasteiger partial charge in [0.15, 0.2) is 15.7 Å². The number of anilines is 5. The standard InChI is InChI=1S/C26H32ClN7O5S/c1-17(2)40(37,38)23-7-5-4-6-21(23)31-25-19(27)15-29-26(33-25)32-20-9-8-18(14-22(20)39-3)30-24(36)16-34(11-10-28)12-13-35/h4-9,13-15,17H,10-12,16,28H2,1-3H3,(H,30,36)(H2,29,31,32,33). The number of nitrogens with two attached hydrogens (primary N) is 1. The van der Waals surface area contributed by atoms with Crippen LogP contribution < -0.4 is 26.4 Å². The van der Waals surface area contributed by atoms with Gasteiger partial charge < -0.3 is 31.2 Å². The summed E-state index contributed by atoms with van der Waals surface area (Å²) in [6.07, 6.45) is 2.10. The molecule has 214 valence electrons. The van der Waals surface area contributed by atoms with E-state index in [1.807, 2.05) is 0 Å². The molecule has 1 heterocycles. The molecule has 0 saturated carbocycles. The second-order valence-electron chi connectivity index (χ2n) is 8.88. The number of carbonyl (C=O) groups excluding carboxylic acids is 2. The van der Waals surface area contributed by atoms with E-state index >= 15 is 0 Å². The smallest absolute Gasteiger partial charge is 0.238 e. The summed E-state index contributed by atoms with van der Waals surface area (Å²) < 4.78 is 31.1. The lowest BCUT2D eigenvalue weighted by atomic mass is 10.2. The van der Waals surface area contributed by atoms with Crippen molar-refractivity contribution in [2.45, 2.75) is 24.0 Å². The molecule has 40 heavy (non-hydrogen) atoms. The summed E-state index contributed by atoms with van der Waals surface area (Å²) in [4.78, 5) is 33.7. The van der Waals surface area contributed by atoms with Gasteiger partial charge in [-0.05, 0) is 38.1 Å². The molecule has 0 radical (unpaired) electrons. The number of amides is 1. The first-order valence-corrected chi connectivity index (χ1v) is 14.2. The fourth-order valence-corrected chi connectivity index (χ4v) is 4.97. The van der Waals surface area contributed by atoms with Gasteiger partial charge in [0.25, 0.3) is 0 Å². The molecule has 5 N–H and O–H groups in total. The van der Waals surface area contributed by atoms with Gasteiger partial charge in [0.1, 0.15) is 17.1 Å². The Morgan fingerprint density at radius 2 is 1.93 bits per heavy atom. The first-order valence-electron chi connectivity index (χ1n) is 12.3. The maximum atomic E-state index is 12.8. The van der Waals surface area contributed by atoms with Crippen molar-refractivity contribution in [1.29, 1.82) is 0 Å². The van der Waals surface area contributed by atoms with Gasteiger partial charge >= 0.3 is 0 Å². The highest BCUT2D eigenvalue weighted by Gasteiger charge is 2.23. The van der Waals surface area contributed by atoms with Crippen LogP contribution in [0.4, 0.5) is 28.8 Å². The van der Waals surface area contributed by atoms with Gasteiger partial charge in [0, 0.05) is 24.8 Å². The highest BCUT2D eigenvalue weighted by Crippen LogP contribution is 2.33. The van der Waals surface area contributed by atoms with Crippen LogP contribution in [0.1, 0.15) is 13.8 Å². The zero-order valence-corrected chi connectivity index (χ0v) is 23.9. The Morgan fingerprint density at radius 1 is 1.18 bits per heavy atom. The van der Waals surface area contributed by atoms with Crippen LogP contribution in [0.3, 0.4) is 0 Å². The van der Waals surface area contributed by atoms with Gasteiger partial charge in [-0.1, -0.05) is 23.7 Å². The molecule has 0 unspecified atom stereocenters. The van der Waals surface area contributed by atoms with Crippen molar-refractivity contribution in [3.8, 4) is 5.75 Å². The van der Waals surface area contributed by atoms with Crippen LogP contribution >= 0.6 is 11.6 Å². The van der Waals surface area contributed by atoms with Gasteiger partial charge in [-0.15, -0.1) is 0 Å². The minimum absolute atomic E-state index is 0.00818. The van der Waals surface area contributed by atoms with Crippen molar-refractivity contribution in [3.63, 3.8) is 0 Å². The summed E-state index contributed by atoms with van der Waals surface area (Å²) in [5.41, 5.74) is 6.85. The second-order valence-corrected chi connectivity index (χ2v) is 11.8.